The third-order valence-corrected chi connectivity index (χ3v) is 12.5. The lowest BCUT2D eigenvalue weighted by Crippen LogP contribution is -2.64. The molecule has 0 N–H and O–H groups in total. The van der Waals surface area contributed by atoms with E-state index < -0.39 is 6.35 Å². The van der Waals surface area contributed by atoms with Crippen LogP contribution in [0.2, 0.25) is 12.6 Å². The molecule has 0 saturated carbocycles. The SMILES string of the molecule is CC(C)(C)c1ccc2c(c1)B(CC[B-]1([O+]3CCCC3)c3cc(C(C)(C)C)ccc3-c3ccc(C(C)(C)C)cc31)c1cc(C(C)(C)C)ccc1-2. The van der Waals surface area contributed by atoms with E-state index in [-0.39, 0.29) is 21.7 Å². The Labute approximate surface area is 299 Å². The van der Waals surface area contributed by atoms with Crippen LogP contribution in [0.3, 0.4) is 0 Å². The Balaban J connectivity index is 1.44. The van der Waals surface area contributed by atoms with Gasteiger partial charge in [-0.3, -0.25) is 0 Å². The van der Waals surface area contributed by atoms with E-state index in [0.717, 1.165) is 25.9 Å². The van der Waals surface area contributed by atoms with Gasteiger partial charge >= 0.3 is 6.35 Å². The third kappa shape index (κ3) is 5.77. The molecule has 0 aromatic heterocycles. The Morgan fingerprint density at radius 1 is 0.490 bits per heavy atom. The van der Waals surface area contributed by atoms with Gasteiger partial charge in [0.1, 0.15) is 0 Å². The largest absolute Gasteiger partial charge is 0.664 e. The van der Waals surface area contributed by atoms with Crippen molar-refractivity contribution in [3.05, 3.63) is 95.1 Å². The minimum atomic E-state index is -1.21. The van der Waals surface area contributed by atoms with E-state index in [9.17, 15) is 0 Å². The quantitative estimate of drug-likeness (QED) is 0.153. The summed E-state index contributed by atoms with van der Waals surface area (Å²) in [6, 6.07) is 29.8. The topological polar surface area (TPSA) is 2.70 Å². The molecule has 49 heavy (non-hydrogen) atoms. The molecule has 0 radical (unpaired) electrons. The Kier molecular flexibility index (Phi) is 8.07. The molecule has 1 fully saturated rings. The standard InChI is InChI=1S/C46H60B2O/c1-43(2,3)31-15-19-35-36-20-16-32(44(4,5)6)28-40(36)47(39(35)27-31)23-24-48(49-25-13-14-26-49)41-29-33(45(7,8)9)17-21-37(41)38-22-18-34(30-42(38)48)46(10,11)12/h15-22,27-30H,13-14,23-26H2,1-12H3. The molecule has 7 rings (SSSR count). The van der Waals surface area contributed by atoms with Crippen LogP contribution in [0.15, 0.2) is 72.8 Å². The Bertz CT molecular complexity index is 1790. The van der Waals surface area contributed by atoms with Crippen LogP contribution >= 0.6 is 0 Å². The maximum absolute atomic E-state index is 4.09. The van der Waals surface area contributed by atoms with E-state index in [1.807, 2.05) is 0 Å². The van der Waals surface area contributed by atoms with Gasteiger partial charge in [-0.2, -0.15) is 0 Å². The van der Waals surface area contributed by atoms with Gasteiger partial charge in [-0.1, -0.05) is 179 Å². The summed E-state index contributed by atoms with van der Waals surface area (Å²) < 4.78 is 4.09. The molecule has 3 aliphatic heterocycles. The minimum Gasteiger partial charge on any atom is -0.664 e. The van der Waals surface area contributed by atoms with E-state index in [2.05, 4.69) is 160 Å². The van der Waals surface area contributed by atoms with Crippen molar-refractivity contribution in [1.82, 2.24) is 0 Å². The van der Waals surface area contributed by atoms with Gasteiger partial charge in [0.25, 0.3) is 0 Å². The minimum absolute atomic E-state index is 0.0912. The summed E-state index contributed by atoms with van der Waals surface area (Å²) in [4.78, 5) is 0. The van der Waals surface area contributed by atoms with Gasteiger partial charge in [0, 0.05) is 12.8 Å². The molecule has 0 unspecified atom stereocenters. The third-order valence-electron chi connectivity index (χ3n) is 12.5. The average molecular weight is 651 g/mol. The number of rotatable bonds is 4. The van der Waals surface area contributed by atoms with Gasteiger partial charge in [-0.15, -0.1) is 10.9 Å². The molecule has 1 nitrogen and oxygen atoms in total. The summed E-state index contributed by atoms with van der Waals surface area (Å²) in [7, 11) is 0. The molecule has 0 bridgehead atoms. The second-order valence-electron chi connectivity index (χ2n) is 19.9. The van der Waals surface area contributed by atoms with Crippen LogP contribution in [0.4, 0.5) is 0 Å². The number of benzene rings is 4. The maximum atomic E-state index is 4.09. The molecule has 0 amide bonds. The second-order valence-corrected chi connectivity index (χ2v) is 19.9. The molecule has 3 aliphatic rings. The van der Waals surface area contributed by atoms with Crippen LogP contribution in [0.25, 0.3) is 22.3 Å². The van der Waals surface area contributed by atoms with Crippen molar-refractivity contribution >= 4 is 34.9 Å². The Morgan fingerprint density at radius 3 is 1.20 bits per heavy atom. The number of fused-ring (bicyclic) bond motifs is 6. The predicted octanol–water partition coefficient (Wildman–Crippen LogP) is 9.55. The summed E-state index contributed by atoms with van der Waals surface area (Å²) in [5, 5.41) is 0. The molecule has 0 spiro atoms. The zero-order valence-corrected chi connectivity index (χ0v) is 32.7. The first-order valence-corrected chi connectivity index (χ1v) is 19.2. The van der Waals surface area contributed by atoms with Crippen LogP contribution in [-0.2, 0) is 25.9 Å². The zero-order valence-electron chi connectivity index (χ0n) is 32.7. The van der Waals surface area contributed by atoms with Gasteiger partial charge in [0.05, 0.1) is 13.2 Å². The first-order chi connectivity index (χ1) is 22.8. The van der Waals surface area contributed by atoms with E-state index in [4.69, 9.17) is 0 Å². The molecular formula is C46H60B2O. The molecule has 0 atom stereocenters. The Morgan fingerprint density at radius 2 is 0.837 bits per heavy atom. The fourth-order valence-electron chi connectivity index (χ4n) is 9.41. The van der Waals surface area contributed by atoms with Crippen molar-refractivity contribution in [2.24, 2.45) is 0 Å². The summed E-state index contributed by atoms with van der Waals surface area (Å²) in [5.41, 5.74) is 18.2. The zero-order chi connectivity index (χ0) is 35.3. The van der Waals surface area contributed by atoms with Crippen LogP contribution in [0.5, 0.6) is 0 Å². The van der Waals surface area contributed by atoms with Crippen molar-refractivity contribution < 1.29 is 4.28 Å². The van der Waals surface area contributed by atoms with E-state index in [0.29, 0.717) is 6.71 Å². The van der Waals surface area contributed by atoms with Crippen LogP contribution in [0.1, 0.15) is 118 Å². The molecule has 4 aromatic carbocycles. The summed E-state index contributed by atoms with van der Waals surface area (Å²) >= 11 is 0. The molecule has 3 heterocycles. The first-order valence-electron chi connectivity index (χ1n) is 19.2. The first kappa shape index (κ1) is 34.4. The summed E-state index contributed by atoms with van der Waals surface area (Å²) in [5.74, 6) is 0. The van der Waals surface area contributed by atoms with Crippen LogP contribution < -0.4 is 21.9 Å². The molecule has 4 aromatic rings. The fourth-order valence-corrected chi connectivity index (χ4v) is 9.41. The highest BCUT2D eigenvalue weighted by molar-refractivity contribution is 7.03. The lowest BCUT2D eigenvalue weighted by molar-refractivity contribution is 0.0464. The van der Waals surface area contributed by atoms with E-state index in [1.165, 1.54) is 68.3 Å². The van der Waals surface area contributed by atoms with Gasteiger partial charge in [0.2, 0.25) is 6.71 Å². The van der Waals surface area contributed by atoms with Crippen molar-refractivity contribution in [2.45, 2.75) is 130 Å². The average Bonchev–Trinajstić information content (AvgIpc) is 3.72. The highest BCUT2D eigenvalue weighted by atomic mass is 16.7. The molecule has 1 saturated heterocycles. The number of hydrogen-bond acceptors (Lipinski definition) is 0. The van der Waals surface area contributed by atoms with Gasteiger partial charge in [-0.25, -0.2) is 0 Å². The highest BCUT2D eigenvalue weighted by Gasteiger charge is 2.52. The number of hydrogen-bond donors (Lipinski definition) is 0. The fraction of sp³-hybridized carbons (Fsp3) is 0.478. The second kappa shape index (κ2) is 11.5. The molecule has 0 aliphatic carbocycles. The highest BCUT2D eigenvalue weighted by Crippen LogP contribution is 2.41. The van der Waals surface area contributed by atoms with Gasteiger partial charge in [-0.05, 0) is 66.2 Å². The monoisotopic (exact) mass is 650 g/mol. The molecule has 256 valence electrons. The summed E-state index contributed by atoms with van der Waals surface area (Å²) in [6.07, 6.45) is 3.57. The van der Waals surface area contributed by atoms with Crippen molar-refractivity contribution in [2.75, 3.05) is 13.2 Å². The lowest BCUT2D eigenvalue weighted by atomic mass is 9.26. The van der Waals surface area contributed by atoms with Crippen molar-refractivity contribution in [3.63, 3.8) is 0 Å². The van der Waals surface area contributed by atoms with Gasteiger partial charge < -0.3 is 4.28 Å². The maximum Gasteiger partial charge on any atom is 0.349 e. The van der Waals surface area contributed by atoms with Crippen molar-refractivity contribution in [3.8, 4) is 22.3 Å². The van der Waals surface area contributed by atoms with E-state index >= 15 is 0 Å². The molecular weight excluding hydrogens is 590 g/mol. The smallest absolute Gasteiger partial charge is 0.349 e. The van der Waals surface area contributed by atoms with Crippen LogP contribution in [0, 0.1) is 0 Å². The predicted molar refractivity (Wildman–Crippen MR) is 218 cm³/mol. The van der Waals surface area contributed by atoms with Crippen molar-refractivity contribution in [1.29, 1.82) is 0 Å². The lowest BCUT2D eigenvalue weighted by Gasteiger charge is -2.45. The van der Waals surface area contributed by atoms with Gasteiger partial charge in [0.15, 0.2) is 0 Å². The molecule has 3 heteroatoms. The van der Waals surface area contributed by atoms with Crippen LogP contribution in [-0.4, -0.2) is 26.3 Å². The normalized spacial score (nSPS) is 17.3. The summed E-state index contributed by atoms with van der Waals surface area (Å²) in [6.45, 7) is 31.0. The Hall–Kier alpha value is -3.03. The van der Waals surface area contributed by atoms with E-state index in [1.54, 1.807) is 10.9 Å².